The molecule has 0 heterocycles. The van der Waals surface area contributed by atoms with Crippen LogP contribution in [-0.2, 0) is 9.53 Å². The van der Waals surface area contributed by atoms with Crippen molar-refractivity contribution in [3.63, 3.8) is 0 Å². The van der Waals surface area contributed by atoms with Crippen LogP contribution in [0.4, 0.5) is 0 Å². The first-order valence-electron chi connectivity index (χ1n) is 8.21. The quantitative estimate of drug-likeness (QED) is 0.383. The van der Waals surface area contributed by atoms with Gasteiger partial charge in [-0.05, 0) is 61.3 Å². The monoisotopic (exact) mass is 302 g/mol. The molecule has 0 spiro atoms. The second kappa shape index (κ2) is 8.62. The third-order valence-electron chi connectivity index (χ3n) is 3.64. The van der Waals surface area contributed by atoms with Gasteiger partial charge in [0.2, 0.25) is 0 Å². The van der Waals surface area contributed by atoms with Gasteiger partial charge in [0.05, 0.1) is 13.2 Å². The topological polar surface area (TPSA) is 35.5 Å². The van der Waals surface area contributed by atoms with Crippen molar-refractivity contribution >= 4 is 12.0 Å². The molecular formula is C19H26O3. The van der Waals surface area contributed by atoms with Gasteiger partial charge >= 0.3 is 5.97 Å². The highest BCUT2D eigenvalue weighted by atomic mass is 16.5. The van der Waals surface area contributed by atoms with Crippen molar-refractivity contribution in [2.24, 2.45) is 11.8 Å². The maximum atomic E-state index is 11.5. The van der Waals surface area contributed by atoms with E-state index in [1.807, 2.05) is 24.3 Å². The van der Waals surface area contributed by atoms with Crippen molar-refractivity contribution in [3.8, 4) is 5.75 Å². The van der Waals surface area contributed by atoms with Crippen LogP contribution >= 0.6 is 0 Å². The molecule has 2 rings (SSSR count). The zero-order chi connectivity index (χ0) is 15.8. The summed E-state index contributed by atoms with van der Waals surface area (Å²) >= 11 is 0. The second-order valence-corrected chi connectivity index (χ2v) is 6.36. The predicted octanol–water partition coefficient (Wildman–Crippen LogP) is 4.47. The lowest BCUT2D eigenvalue weighted by atomic mass is 10.1. The van der Waals surface area contributed by atoms with E-state index in [-0.39, 0.29) is 5.97 Å². The fourth-order valence-corrected chi connectivity index (χ4v) is 2.05. The van der Waals surface area contributed by atoms with E-state index in [4.69, 9.17) is 9.47 Å². The number of carbonyl (C=O) groups is 1. The number of hydrogen-bond acceptors (Lipinski definition) is 3. The van der Waals surface area contributed by atoms with Crippen LogP contribution in [0.25, 0.3) is 6.08 Å². The van der Waals surface area contributed by atoms with E-state index in [1.165, 1.54) is 25.3 Å². The lowest BCUT2D eigenvalue weighted by Crippen LogP contribution is -2.03. The Morgan fingerprint density at radius 1 is 1.27 bits per heavy atom. The number of carbonyl (C=O) groups excluding carboxylic acids is 1. The predicted molar refractivity (Wildman–Crippen MR) is 88.7 cm³/mol. The van der Waals surface area contributed by atoms with E-state index in [0.29, 0.717) is 12.5 Å². The van der Waals surface area contributed by atoms with Crippen LogP contribution in [0.1, 0.15) is 45.1 Å². The number of benzene rings is 1. The zero-order valence-corrected chi connectivity index (χ0v) is 13.6. The average molecular weight is 302 g/mol. The Bertz CT molecular complexity index is 484. The molecule has 0 N–H and O–H groups in total. The maximum Gasteiger partial charge on any atom is 0.330 e. The minimum absolute atomic E-state index is 0.263. The summed E-state index contributed by atoms with van der Waals surface area (Å²) < 4.78 is 10.8. The highest BCUT2D eigenvalue weighted by molar-refractivity contribution is 5.87. The fraction of sp³-hybridized carbons (Fsp3) is 0.526. The molecule has 0 aliphatic heterocycles. The molecule has 22 heavy (non-hydrogen) atoms. The smallest absolute Gasteiger partial charge is 0.330 e. The van der Waals surface area contributed by atoms with Crippen molar-refractivity contribution in [1.29, 1.82) is 0 Å². The summed E-state index contributed by atoms with van der Waals surface area (Å²) in [5, 5.41) is 0. The first-order valence-corrected chi connectivity index (χ1v) is 8.21. The van der Waals surface area contributed by atoms with Crippen LogP contribution in [-0.4, -0.2) is 19.2 Å². The van der Waals surface area contributed by atoms with Crippen molar-refractivity contribution in [3.05, 3.63) is 35.9 Å². The molecule has 1 aromatic carbocycles. The third-order valence-corrected chi connectivity index (χ3v) is 3.64. The van der Waals surface area contributed by atoms with E-state index in [1.54, 1.807) is 6.08 Å². The summed E-state index contributed by atoms with van der Waals surface area (Å²) in [5.74, 6) is 1.93. The molecular weight excluding hydrogens is 276 g/mol. The lowest BCUT2D eigenvalue weighted by Gasteiger charge is -2.07. The highest BCUT2D eigenvalue weighted by Gasteiger charge is 2.22. The van der Waals surface area contributed by atoms with Gasteiger partial charge in [-0.25, -0.2) is 4.79 Å². The Morgan fingerprint density at radius 3 is 2.64 bits per heavy atom. The van der Waals surface area contributed by atoms with E-state index in [9.17, 15) is 4.79 Å². The first-order chi connectivity index (χ1) is 10.6. The number of ether oxygens (including phenoxy) is 2. The molecule has 0 atom stereocenters. The van der Waals surface area contributed by atoms with Crippen LogP contribution in [0.15, 0.2) is 30.3 Å². The van der Waals surface area contributed by atoms with Gasteiger partial charge in [0, 0.05) is 6.08 Å². The molecule has 1 saturated carbocycles. The van der Waals surface area contributed by atoms with Gasteiger partial charge in [-0.2, -0.15) is 0 Å². The Kier molecular flexibility index (Phi) is 6.50. The molecule has 3 heteroatoms. The molecule has 0 aromatic heterocycles. The molecule has 120 valence electrons. The molecule has 0 amide bonds. The first kappa shape index (κ1) is 16.6. The van der Waals surface area contributed by atoms with Crippen LogP contribution in [0, 0.1) is 11.8 Å². The third kappa shape index (κ3) is 6.79. The van der Waals surface area contributed by atoms with E-state index >= 15 is 0 Å². The molecule has 0 bridgehead atoms. The van der Waals surface area contributed by atoms with Crippen molar-refractivity contribution in [1.82, 2.24) is 0 Å². The van der Waals surface area contributed by atoms with Crippen molar-refractivity contribution in [2.75, 3.05) is 13.2 Å². The Morgan fingerprint density at radius 2 is 2.00 bits per heavy atom. The summed E-state index contributed by atoms with van der Waals surface area (Å²) in [6, 6.07) is 7.76. The standard InChI is InChI=1S/C19H26O3/c1-15(2)4-3-13-21-18-10-7-16(8-11-18)9-12-19(20)22-14-17-5-6-17/h7-12,15,17H,3-6,13-14H2,1-2H3/b12-9+. The number of hydrogen-bond donors (Lipinski definition) is 0. The molecule has 0 unspecified atom stereocenters. The number of esters is 1. The van der Waals surface area contributed by atoms with Crippen LogP contribution < -0.4 is 4.74 Å². The molecule has 1 aromatic rings. The Labute approximate surface area is 133 Å². The summed E-state index contributed by atoms with van der Waals surface area (Å²) in [7, 11) is 0. The van der Waals surface area contributed by atoms with Crippen LogP contribution in [0.3, 0.4) is 0 Å². The normalized spacial score (nSPS) is 14.5. The van der Waals surface area contributed by atoms with Gasteiger partial charge in [0.15, 0.2) is 0 Å². The fourth-order valence-electron chi connectivity index (χ4n) is 2.05. The van der Waals surface area contributed by atoms with Gasteiger partial charge in [-0.3, -0.25) is 0 Å². The minimum Gasteiger partial charge on any atom is -0.494 e. The Balaban J connectivity index is 1.69. The molecule has 0 saturated heterocycles. The van der Waals surface area contributed by atoms with Gasteiger partial charge < -0.3 is 9.47 Å². The van der Waals surface area contributed by atoms with Crippen LogP contribution in [0.5, 0.6) is 5.75 Å². The highest BCUT2D eigenvalue weighted by Crippen LogP contribution is 2.28. The zero-order valence-electron chi connectivity index (χ0n) is 13.6. The van der Waals surface area contributed by atoms with E-state index < -0.39 is 0 Å². The van der Waals surface area contributed by atoms with Gasteiger partial charge in [0.25, 0.3) is 0 Å². The Hall–Kier alpha value is -1.77. The van der Waals surface area contributed by atoms with Crippen molar-refractivity contribution < 1.29 is 14.3 Å². The largest absolute Gasteiger partial charge is 0.494 e. The molecule has 1 fully saturated rings. The van der Waals surface area contributed by atoms with Crippen molar-refractivity contribution in [2.45, 2.75) is 39.5 Å². The lowest BCUT2D eigenvalue weighted by molar-refractivity contribution is -0.138. The molecule has 1 aliphatic carbocycles. The molecule has 1 aliphatic rings. The summed E-state index contributed by atoms with van der Waals surface area (Å²) in [6.45, 7) is 5.75. The maximum absolute atomic E-state index is 11.5. The van der Waals surface area contributed by atoms with E-state index in [2.05, 4.69) is 13.8 Å². The summed E-state index contributed by atoms with van der Waals surface area (Å²) in [6.07, 6.45) is 7.90. The molecule has 0 radical (unpaired) electrons. The average Bonchev–Trinajstić information content (AvgIpc) is 3.33. The SMILES string of the molecule is CC(C)CCCOc1ccc(/C=C/C(=O)OCC2CC2)cc1. The van der Waals surface area contributed by atoms with Gasteiger partial charge in [-0.1, -0.05) is 26.0 Å². The minimum atomic E-state index is -0.263. The summed E-state index contributed by atoms with van der Waals surface area (Å²) in [5.41, 5.74) is 0.970. The number of rotatable bonds is 9. The second-order valence-electron chi connectivity index (χ2n) is 6.36. The van der Waals surface area contributed by atoms with E-state index in [0.717, 1.165) is 30.3 Å². The van der Waals surface area contributed by atoms with Gasteiger partial charge in [-0.15, -0.1) is 0 Å². The molecule has 3 nitrogen and oxygen atoms in total. The van der Waals surface area contributed by atoms with Crippen LogP contribution in [0.2, 0.25) is 0 Å². The van der Waals surface area contributed by atoms with Gasteiger partial charge in [0.1, 0.15) is 5.75 Å². The summed E-state index contributed by atoms with van der Waals surface area (Å²) in [4.78, 5) is 11.5.